The highest BCUT2D eigenvalue weighted by atomic mass is 32.1. The maximum atomic E-state index is 12.4. The largest absolute Gasteiger partial charge is 0.375 e. The van der Waals surface area contributed by atoms with E-state index in [9.17, 15) is 9.59 Å². The van der Waals surface area contributed by atoms with Crippen LogP contribution in [-0.4, -0.2) is 54.5 Å². The smallest absolute Gasteiger partial charge is 0.261 e. The molecule has 1 saturated carbocycles. The molecule has 1 aliphatic carbocycles. The van der Waals surface area contributed by atoms with E-state index in [4.69, 9.17) is 4.74 Å². The molecule has 3 aliphatic rings. The van der Waals surface area contributed by atoms with Gasteiger partial charge in [0.15, 0.2) is 5.78 Å². The van der Waals surface area contributed by atoms with Crippen LogP contribution in [0.3, 0.4) is 0 Å². The Hall–Kier alpha value is -1.24. The first kappa shape index (κ1) is 15.3. The number of morpholine rings is 1. The molecule has 0 unspecified atom stereocenters. The third kappa shape index (κ3) is 3.20. The zero-order chi connectivity index (χ0) is 16.0. The minimum absolute atomic E-state index is 0.00955. The van der Waals surface area contributed by atoms with Gasteiger partial charge in [0, 0.05) is 25.2 Å². The first-order chi connectivity index (χ1) is 11.1. The predicted octanol–water partition coefficient (Wildman–Crippen LogP) is 1.93. The molecule has 5 nitrogen and oxygen atoms in total. The second-order valence-electron chi connectivity index (χ2n) is 6.94. The van der Waals surface area contributed by atoms with Crippen molar-refractivity contribution in [2.45, 2.75) is 44.4 Å². The molecule has 2 aliphatic heterocycles. The number of carbonyl (C=O) groups excluding carboxylic acids is 2. The number of ether oxygens (including phenoxy) is 1. The van der Waals surface area contributed by atoms with Crippen LogP contribution in [0.15, 0.2) is 12.1 Å². The van der Waals surface area contributed by atoms with E-state index in [0.717, 1.165) is 32.0 Å². The summed E-state index contributed by atoms with van der Waals surface area (Å²) < 4.78 is 5.99. The number of hydrogen-bond donors (Lipinski definition) is 1. The van der Waals surface area contributed by atoms with Crippen molar-refractivity contribution in [1.82, 2.24) is 10.2 Å². The number of rotatable bonds is 4. The lowest BCUT2D eigenvalue weighted by atomic mass is 10.1. The lowest BCUT2D eigenvalue weighted by molar-refractivity contribution is -0.0581. The summed E-state index contributed by atoms with van der Waals surface area (Å²) in [7, 11) is 0. The molecule has 2 saturated heterocycles. The van der Waals surface area contributed by atoms with Crippen LogP contribution in [0.4, 0.5) is 0 Å². The lowest BCUT2D eigenvalue weighted by Crippen LogP contribution is -2.47. The van der Waals surface area contributed by atoms with Gasteiger partial charge in [-0.3, -0.25) is 14.5 Å². The Kier molecular flexibility index (Phi) is 3.99. The summed E-state index contributed by atoms with van der Waals surface area (Å²) in [5.74, 6) is 0.711. The van der Waals surface area contributed by atoms with Gasteiger partial charge in [-0.05, 0) is 44.2 Å². The predicted molar refractivity (Wildman–Crippen MR) is 88.0 cm³/mol. The van der Waals surface area contributed by atoms with E-state index in [2.05, 4.69) is 10.2 Å². The van der Waals surface area contributed by atoms with E-state index in [1.165, 1.54) is 31.1 Å². The van der Waals surface area contributed by atoms with Crippen molar-refractivity contribution in [3.05, 3.63) is 21.9 Å². The Morgan fingerprint density at radius 3 is 2.74 bits per heavy atom. The molecule has 0 aromatic carbocycles. The van der Waals surface area contributed by atoms with Gasteiger partial charge in [0.2, 0.25) is 0 Å². The van der Waals surface area contributed by atoms with Crippen molar-refractivity contribution >= 4 is 23.0 Å². The number of fused-ring (bicyclic) bond motifs is 1. The van der Waals surface area contributed by atoms with E-state index in [1.807, 2.05) is 0 Å². The standard InChI is InChI=1S/C17H22N2O3S/c1-10(20)15-4-5-16(23-15)17(21)18-12-6-13-9-22-14(11-2-3-11)8-19(13)7-12/h4-5,11-14H,2-3,6-9H2,1H3,(H,18,21)/t12-,13+,14-/m1/s1. The fourth-order valence-corrected chi connectivity index (χ4v) is 4.47. The number of Topliss-reactive ketones (excluding diaryl/α,β-unsaturated/α-hetero) is 1. The molecule has 4 rings (SSSR count). The third-order valence-corrected chi connectivity index (χ3v) is 6.29. The molecule has 3 heterocycles. The van der Waals surface area contributed by atoms with E-state index < -0.39 is 0 Å². The van der Waals surface area contributed by atoms with E-state index >= 15 is 0 Å². The van der Waals surface area contributed by atoms with Crippen molar-refractivity contribution < 1.29 is 14.3 Å². The summed E-state index contributed by atoms with van der Waals surface area (Å²) in [6, 6.07) is 4.09. The molecule has 1 aromatic heterocycles. The first-order valence-corrected chi connectivity index (χ1v) is 9.19. The van der Waals surface area contributed by atoms with Crippen LogP contribution in [0, 0.1) is 5.92 Å². The van der Waals surface area contributed by atoms with Crippen LogP contribution >= 0.6 is 11.3 Å². The SMILES string of the molecule is CC(=O)c1ccc(C(=O)N[C@@H]2C[C@H]3CO[C@@H](C4CC4)CN3C2)s1. The summed E-state index contributed by atoms with van der Waals surface area (Å²) in [6.45, 7) is 4.24. The lowest BCUT2D eigenvalue weighted by Gasteiger charge is -2.35. The van der Waals surface area contributed by atoms with Gasteiger partial charge in [0.05, 0.1) is 22.5 Å². The van der Waals surface area contributed by atoms with E-state index in [-0.39, 0.29) is 17.7 Å². The zero-order valence-corrected chi connectivity index (χ0v) is 14.1. The van der Waals surface area contributed by atoms with Crippen LogP contribution in [0.2, 0.25) is 0 Å². The summed E-state index contributed by atoms with van der Waals surface area (Å²) in [5, 5.41) is 3.13. The van der Waals surface area contributed by atoms with Gasteiger partial charge < -0.3 is 10.1 Å². The molecule has 124 valence electrons. The molecule has 0 radical (unpaired) electrons. The highest BCUT2D eigenvalue weighted by Gasteiger charge is 2.42. The normalized spacial score (nSPS) is 30.9. The quantitative estimate of drug-likeness (QED) is 0.855. The van der Waals surface area contributed by atoms with Gasteiger partial charge >= 0.3 is 0 Å². The fraction of sp³-hybridized carbons (Fsp3) is 0.647. The molecule has 3 atom stereocenters. The van der Waals surface area contributed by atoms with Gasteiger partial charge in [-0.15, -0.1) is 11.3 Å². The molecule has 1 N–H and O–H groups in total. The molecule has 0 bridgehead atoms. The van der Waals surface area contributed by atoms with Crippen LogP contribution in [0.25, 0.3) is 0 Å². The highest BCUT2D eigenvalue weighted by molar-refractivity contribution is 7.15. The van der Waals surface area contributed by atoms with Crippen LogP contribution in [-0.2, 0) is 4.74 Å². The van der Waals surface area contributed by atoms with Gasteiger partial charge in [-0.1, -0.05) is 0 Å². The Labute approximate surface area is 140 Å². The number of nitrogens with one attached hydrogen (secondary N) is 1. The first-order valence-electron chi connectivity index (χ1n) is 8.37. The van der Waals surface area contributed by atoms with Crippen molar-refractivity contribution in [3.8, 4) is 0 Å². The van der Waals surface area contributed by atoms with Crippen molar-refractivity contribution in [2.75, 3.05) is 19.7 Å². The van der Waals surface area contributed by atoms with Gasteiger partial charge in [0.1, 0.15) is 0 Å². The van der Waals surface area contributed by atoms with E-state index in [0.29, 0.717) is 21.9 Å². The second kappa shape index (κ2) is 6.00. The molecule has 6 heteroatoms. The number of nitrogens with zero attached hydrogens (tertiary/aromatic N) is 1. The summed E-state index contributed by atoms with van der Waals surface area (Å²) in [4.78, 5) is 27.4. The molecular formula is C17H22N2O3S. The average molecular weight is 334 g/mol. The van der Waals surface area contributed by atoms with Gasteiger partial charge in [0.25, 0.3) is 5.91 Å². The monoisotopic (exact) mass is 334 g/mol. The van der Waals surface area contributed by atoms with Crippen molar-refractivity contribution in [3.63, 3.8) is 0 Å². The molecule has 0 spiro atoms. The number of hydrogen-bond acceptors (Lipinski definition) is 5. The maximum absolute atomic E-state index is 12.4. The number of carbonyl (C=O) groups is 2. The maximum Gasteiger partial charge on any atom is 0.261 e. The summed E-state index contributed by atoms with van der Waals surface area (Å²) in [6.07, 6.45) is 3.96. The third-order valence-electron chi connectivity index (χ3n) is 5.10. The van der Waals surface area contributed by atoms with Gasteiger partial charge in [-0.25, -0.2) is 0 Å². The topological polar surface area (TPSA) is 58.6 Å². The molecule has 1 aromatic rings. The minimum Gasteiger partial charge on any atom is -0.375 e. The number of ketones is 1. The Morgan fingerprint density at radius 2 is 2.04 bits per heavy atom. The number of thiophene rings is 1. The Morgan fingerprint density at radius 1 is 1.26 bits per heavy atom. The summed E-state index contributed by atoms with van der Waals surface area (Å²) in [5.41, 5.74) is 0. The van der Waals surface area contributed by atoms with Crippen LogP contribution in [0.5, 0.6) is 0 Å². The molecule has 1 amide bonds. The van der Waals surface area contributed by atoms with Crippen molar-refractivity contribution in [2.24, 2.45) is 5.92 Å². The average Bonchev–Trinajstić information content (AvgIpc) is 3.10. The molecule has 3 fully saturated rings. The zero-order valence-electron chi connectivity index (χ0n) is 13.3. The Balaban J connectivity index is 1.34. The highest BCUT2D eigenvalue weighted by Crippen LogP contribution is 2.37. The molecule has 23 heavy (non-hydrogen) atoms. The summed E-state index contributed by atoms with van der Waals surface area (Å²) >= 11 is 1.27. The second-order valence-corrected chi connectivity index (χ2v) is 8.03. The van der Waals surface area contributed by atoms with Gasteiger partial charge in [-0.2, -0.15) is 0 Å². The minimum atomic E-state index is -0.0630. The number of amides is 1. The van der Waals surface area contributed by atoms with Crippen LogP contribution < -0.4 is 5.32 Å². The van der Waals surface area contributed by atoms with Crippen LogP contribution in [0.1, 0.15) is 45.5 Å². The van der Waals surface area contributed by atoms with Crippen molar-refractivity contribution in [1.29, 1.82) is 0 Å². The fourth-order valence-electron chi connectivity index (χ4n) is 3.66. The van der Waals surface area contributed by atoms with E-state index in [1.54, 1.807) is 12.1 Å². The molecular weight excluding hydrogens is 312 g/mol. The Bertz CT molecular complexity index is 625.